The highest BCUT2D eigenvalue weighted by atomic mass is 32.2. The Kier molecular flexibility index (Phi) is 14.8. The van der Waals surface area contributed by atoms with E-state index in [9.17, 15) is 30.0 Å². The Balaban J connectivity index is 0.000000202. The lowest BCUT2D eigenvalue weighted by Crippen LogP contribution is -2.24. The molecule has 6 aromatic rings. The molecule has 0 unspecified atom stereocenters. The molecule has 0 aliphatic rings. The van der Waals surface area contributed by atoms with Crippen LogP contribution in [-0.4, -0.2) is 63.6 Å². The molecule has 0 amide bonds. The molecule has 0 aliphatic carbocycles. The van der Waals surface area contributed by atoms with Gasteiger partial charge in [-0.25, -0.2) is 35.4 Å². The third kappa shape index (κ3) is 12.2. The Morgan fingerprint density at radius 2 is 1.07 bits per heavy atom. The van der Waals surface area contributed by atoms with Crippen molar-refractivity contribution in [2.75, 3.05) is 18.1 Å². The normalized spacial score (nSPS) is 11.6. The van der Waals surface area contributed by atoms with E-state index in [1.54, 1.807) is 36.4 Å². The van der Waals surface area contributed by atoms with Gasteiger partial charge in [0.15, 0.2) is 25.5 Å². The van der Waals surface area contributed by atoms with Gasteiger partial charge in [-0.1, -0.05) is 72.1 Å². The summed E-state index contributed by atoms with van der Waals surface area (Å²) in [6.45, 7) is 12.4. The lowest BCUT2D eigenvalue weighted by atomic mass is 10.1. The smallest absolute Gasteiger partial charge is 0.238 e. The van der Waals surface area contributed by atoms with Crippen molar-refractivity contribution in [3.05, 3.63) is 143 Å². The maximum absolute atomic E-state index is 12.2. The average molecular weight is 832 g/mol. The highest BCUT2D eigenvalue weighted by Gasteiger charge is 2.25. The van der Waals surface area contributed by atoms with Crippen molar-refractivity contribution < 1.29 is 30.0 Å². The van der Waals surface area contributed by atoms with Crippen molar-refractivity contribution in [3.8, 4) is 5.69 Å². The molecule has 0 bridgehead atoms. The average Bonchev–Trinajstić information content (AvgIpc) is 3.51. The Morgan fingerprint density at radius 3 is 1.47 bits per heavy atom. The zero-order chi connectivity index (χ0) is 42.1. The molecule has 0 saturated carbocycles. The quantitative estimate of drug-likeness (QED) is 0.159. The van der Waals surface area contributed by atoms with Gasteiger partial charge in [0.05, 0.1) is 25.9 Å². The van der Waals surface area contributed by atoms with Crippen LogP contribution in [0.25, 0.3) is 16.7 Å². The van der Waals surface area contributed by atoms with E-state index in [1.165, 1.54) is 42.0 Å². The molecule has 2 heterocycles. The van der Waals surface area contributed by atoms with Gasteiger partial charge >= 0.3 is 0 Å². The number of benzene rings is 4. The van der Waals surface area contributed by atoms with Crippen molar-refractivity contribution in [2.45, 2.75) is 69.1 Å². The van der Waals surface area contributed by atoms with Gasteiger partial charge < -0.3 is 5.73 Å². The second kappa shape index (κ2) is 18.9. The number of aromatic nitrogens is 3. The van der Waals surface area contributed by atoms with Crippen LogP contribution in [0.5, 0.6) is 0 Å². The van der Waals surface area contributed by atoms with Crippen LogP contribution < -0.4 is 10.9 Å². The van der Waals surface area contributed by atoms with Crippen molar-refractivity contribution in [1.29, 1.82) is 0 Å². The number of carbonyl (C=O) groups excluding carboxylic acids is 1. The van der Waals surface area contributed by atoms with Crippen molar-refractivity contribution >= 4 is 46.5 Å². The molecule has 0 fully saturated rings. The zero-order valence-corrected chi connectivity index (χ0v) is 35.4. The first-order chi connectivity index (χ1) is 26.7. The number of aryl methyl sites for hydroxylation is 6. The number of sulfone groups is 2. The summed E-state index contributed by atoms with van der Waals surface area (Å²) >= 11 is 0. The highest BCUT2D eigenvalue weighted by molar-refractivity contribution is 7.93. The lowest BCUT2D eigenvalue weighted by molar-refractivity contribution is -0.114. The van der Waals surface area contributed by atoms with E-state index in [-0.39, 0.29) is 14.7 Å². The fourth-order valence-electron chi connectivity index (χ4n) is 5.78. The second-order valence-corrected chi connectivity index (χ2v) is 19.2. The number of carbonyl (C=O) groups is 1. The van der Waals surface area contributed by atoms with E-state index in [0.29, 0.717) is 6.54 Å². The van der Waals surface area contributed by atoms with Gasteiger partial charge in [0.2, 0.25) is 10.0 Å². The van der Waals surface area contributed by atoms with E-state index < -0.39 is 47.0 Å². The molecule has 2 aromatic heterocycles. The SMILES string of the molecule is CCc1nc2c(C)nc(C)cc2n1-c1ccc(CCN)cc1.Cc1ccc(S(=O)(=O)CC(=O)CS(=O)(=O)c2ccc(C)cc2)cc1.Cc1ccc(S(N)(=O)=O)cc1. The van der Waals surface area contributed by atoms with Gasteiger partial charge in [0.1, 0.15) is 22.8 Å². The number of nitrogens with two attached hydrogens (primary N) is 2. The first-order valence-electron chi connectivity index (χ1n) is 18.1. The Morgan fingerprint density at radius 1 is 0.632 bits per heavy atom. The first-order valence-corrected chi connectivity index (χ1v) is 22.9. The minimum absolute atomic E-state index is 0.00850. The Hall–Kier alpha value is -5.06. The minimum Gasteiger partial charge on any atom is -0.330 e. The van der Waals surface area contributed by atoms with E-state index >= 15 is 0 Å². The van der Waals surface area contributed by atoms with Crippen LogP contribution in [0, 0.1) is 34.6 Å². The van der Waals surface area contributed by atoms with Crippen LogP contribution in [0.2, 0.25) is 0 Å². The highest BCUT2D eigenvalue weighted by Crippen LogP contribution is 2.25. The fourth-order valence-corrected chi connectivity index (χ4v) is 8.91. The summed E-state index contributed by atoms with van der Waals surface area (Å²) in [5, 5.41) is 4.88. The number of hydrogen-bond acceptors (Lipinski definition) is 10. The van der Waals surface area contributed by atoms with E-state index in [2.05, 4.69) is 46.8 Å². The number of hydrogen-bond donors (Lipinski definition) is 2. The van der Waals surface area contributed by atoms with E-state index in [4.69, 9.17) is 15.9 Å². The Bertz CT molecular complexity index is 2580. The number of primary sulfonamides is 1. The molecular weight excluding hydrogens is 783 g/mol. The van der Waals surface area contributed by atoms with Crippen molar-refractivity contribution in [3.63, 3.8) is 0 Å². The molecule has 302 valence electrons. The standard InChI is InChI=1S/C18H22N4.C17H18O5S2.C7H9NO2S/c1-4-17-21-18-13(3)20-12(2)11-16(18)22(17)15-7-5-14(6-8-15)9-10-19;1-13-3-7-16(8-4-13)23(19,20)11-15(18)12-24(21,22)17-9-5-14(2)6-10-17;1-6-2-4-7(5-3-6)11(8,9)10/h5-8,11H,4,9-10,19H2,1-3H3;3-10H,11-12H2,1-2H3;2-5H,1H3,(H2,8,9,10). The van der Waals surface area contributed by atoms with Crippen LogP contribution in [0.1, 0.15) is 46.4 Å². The van der Waals surface area contributed by atoms with Gasteiger partial charge in [0.25, 0.3) is 0 Å². The zero-order valence-electron chi connectivity index (χ0n) is 32.9. The van der Waals surface area contributed by atoms with E-state index in [1.807, 2.05) is 34.6 Å². The van der Waals surface area contributed by atoms with Gasteiger partial charge in [0, 0.05) is 17.8 Å². The predicted octanol–water partition coefficient (Wildman–Crippen LogP) is 5.86. The summed E-state index contributed by atoms with van der Waals surface area (Å²) in [6.07, 6.45) is 1.80. The summed E-state index contributed by atoms with van der Waals surface area (Å²) in [5.74, 6) is -1.45. The molecule has 12 nitrogen and oxygen atoms in total. The lowest BCUT2D eigenvalue weighted by Gasteiger charge is -2.10. The monoisotopic (exact) mass is 831 g/mol. The fraction of sp³-hybridized carbons (Fsp3) is 0.262. The second-order valence-electron chi connectivity index (χ2n) is 13.7. The molecule has 6 rings (SSSR count). The number of sulfonamides is 1. The molecule has 15 heteroatoms. The third-order valence-corrected chi connectivity index (χ3v) is 13.1. The van der Waals surface area contributed by atoms with Crippen molar-refractivity contribution in [1.82, 2.24) is 14.5 Å². The number of pyridine rings is 1. The predicted molar refractivity (Wildman–Crippen MR) is 224 cm³/mol. The van der Waals surface area contributed by atoms with Gasteiger partial charge in [-0.15, -0.1) is 0 Å². The number of imidazole rings is 1. The largest absolute Gasteiger partial charge is 0.330 e. The molecule has 0 aliphatic heterocycles. The third-order valence-electron chi connectivity index (χ3n) is 8.77. The summed E-state index contributed by atoms with van der Waals surface area (Å²) in [5.41, 5.74) is 15.0. The minimum atomic E-state index is -3.85. The molecule has 0 radical (unpaired) electrons. The first kappa shape index (κ1) is 44.7. The number of nitrogens with zero attached hydrogens (tertiary/aromatic N) is 3. The number of fused-ring (bicyclic) bond motifs is 1. The molecule has 0 saturated heterocycles. The Labute approximate surface area is 335 Å². The molecule has 0 spiro atoms. The number of ketones is 1. The van der Waals surface area contributed by atoms with Crippen LogP contribution in [0.15, 0.2) is 118 Å². The maximum Gasteiger partial charge on any atom is 0.238 e. The summed E-state index contributed by atoms with van der Waals surface area (Å²) in [7, 11) is -11.2. The van der Waals surface area contributed by atoms with Crippen LogP contribution in [-0.2, 0) is 47.3 Å². The molecule has 4 aromatic carbocycles. The summed E-state index contributed by atoms with van der Waals surface area (Å²) in [6, 6.07) is 29.2. The van der Waals surface area contributed by atoms with Crippen molar-refractivity contribution in [2.24, 2.45) is 10.9 Å². The summed E-state index contributed by atoms with van der Waals surface area (Å²) in [4.78, 5) is 21.5. The van der Waals surface area contributed by atoms with Crippen LogP contribution in [0.3, 0.4) is 0 Å². The van der Waals surface area contributed by atoms with Gasteiger partial charge in [-0.2, -0.15) is 0 Å². The topological polar surface area (TPSA) is 202 Å². The molecule has 57 heavy (non-hydrogen) atoms. The van der Waals surface area contributed by atoms with Crippen LogP contribution >= 0.6 is 0 Å². The molecule has 4 N–H and O–H groups in total. The van der Waals surface area contributed by atoms with Gasteiger partial charge in [-0.3, -0.25) is 14.3 Å². The van der Waals surface area contributed by atoms with Gasteiger partial charge in [-0.05, 0) is 108 Å². The molecule has 0 atom stereocenters. The number of rotatable bonds is 11. The number of Topliss-reactive ketones (excluding diaryl/α,β-unsaturated/α-hetero) is 1. The van der Waals surface area contributed by atoms with E-state index in [0.717, 1.165) is 63.5 Å². The summed E-state index contributed by atoms with van der Waals surface area (Å²) < 4.78 is 72.5. The molecular formula is C42H49N5O7S3. The maximum atomic E-state index is 12.2. The van der Waals surface area contributed by atoms with Crippen LogP contribution in [0.4, 0.5) is 0 Å².